The molecule has 0 spiro atoms. The van der Waals surface area contributed by atoms with E-state index in [9.17, 15) is 9.59 Å². The summed E-state index contributed by atoms with van der Waals surface area (Å²) in [4.78, 5) is 25.7. The molecule has 0 heterocycles. The maximum Gasteiger partial charge on any atom is 0.310 e. The molecule has 0 aromatic heterocycles. The summed E-state index contributed by atoms with van der Waals surface area (Å²) in [6.45, 7) is 7.23. The van der Waals surface area contributed by atoms with Crippen LogP contribution in [-0.2, 0) is 19.1 Å². The topological polar surface area (TPSA) is 52.6 Å². The SMILES string of the molecule is CCCCCCCCCCCCOC(=O)C1CCCCC1C(=O)OC1CC(C)CC(C)C1. The second kappa shape index (κ2) is 15.7. The smallest absolute Gasteiger partial charge is 0.310 e. The molecule has 186 valence electrons. The van der Waals surface area contributed by atoms with E-state index >= 15 is 0 Å². The van der Waals surface area contributed by atoms with Crippen molar-refractivity contribution >= 4 is 11.9 Å². The summed E-state index contributed by atoms with van der Waals surface area (Å²) >= 11 is 0. The summed E-state index contributed by atoms with van der Waals surface area (Å²) < 4.78 is 11.5. The normalized spacial score (nSPS) is 28.3. The van der Waals surface area contributed by atoms with Crippen molar-refractivity contribution in [2.24, 2.45) is 23.7 Å². The van der Waals surface area contributed by atoms with Crippen molar-refractivity contribution in [1.29, 1.82) is 0 Å². The molecule has 4 unspecified atom stereocenters. The molecule has 0 N–H and O–H groups in total. The lowest BCUT2D eigenvalue weighted by Crippen LogP contribution is -2.38. The molecule has 2 rings (SSSR count). The first-order valence-electron chi connectivity index (χ1n) is 13.9. The average molecular weight is 451 g/mol. The number of ether oxygens (including phenoxy) is 2. The maximum atomic E-state index is 12.9. The van der Waals surface area contributed by atoms with Gasteiger partial charge >= 0.3 is 11.9 Å². The molecular formula is C28H50O4. The van der Waals surface area contributed by atoms with Gasteiger partial charge in [-0.2, -0.15) is 0 Å². The molecule has 0 radical (unpaired) electrons. The summed E-state index contributed by atoms with van der Waals surface area (Å²) in [5.74, 6) is 0.258. The van der Waals surface area contributed by atoms with Crippen molar-refractivity contribution in [3.63, 3.8) is 0 Å². The molecule has 0 amide bonds. The Labute approximate surface area is 197 Å². The molecule has 2 aliphatic carbocycles. The molecule has 4 atom stereocenters. The zero-order valence-electron chi connectivity index (χ0n) is 21.2. The Hall–Kier alpha value is -1.06. The first kappa shape index (κ1) is 27.2. The maximum absolute atomic E-state index is 12.9. The zero-order chi connectivity index (χ0) is 23.2. The Morgan fingerprint density at radius 3 is 1.75 bits per heavy atom. The van der Waals surface area contributed by atoms with E-state index in [4.69, 9.17) is 9.47 Å². The van der Waals surface area contributed by atoms with Crippen molar-refractivity contribution in [3.8, 4) is 0 Å². The number of esters is 2. The van der Waals surface area contributed by atoms with Crippen molar-refractivity contribution in [2.75, 3.05) is 6.61 Å². The van der Waals surface area contributed by atoms with Gasteiger partial charge in [-0.05, 0) is 50.4 Å². The third-order valence-electron chi connectivity index (χ3n) is 7.53. The van der Waals surface area contributed by atoms with Crippen molar-refractivity contribution in [2.45, 2.75) is 136 Å². The Bertz CT molecular complexity index is 522. The fourth-order valence-electron chi connectivity index (χ4n) is 5.79. The average Bonchev–Trinajstić information content (AvgIpc) is 2.76. The first-order chi connectivity index (χ1) is 15.5. The first-order valence-corrected chi connectivity index (χ1v) is 13.9. The Morgan fingerprint density at radius 2 is 1.19 bits per heavy atom. The molecule has 2 fully saturated rings. The minimum Gasteiger partial charge on any atom is -0.465 e. The van der Waals surface area contributed by atoms with Crippen LogP contribution in [0, 0.1) is 23.7 Å². The summed E-state index contributed by atoms with van der Waals surface area (Å²) in [6.07, 6.45) is 19.3. The van der Waals surface area contributed by atoms with Crippen LogP contribution in [0.1, 0.15) is 130 Å². The second-order valence-corrected chi connectivity index (χ2v) is 10.8. The molecule has 0 aliphatic heterocycles. The van der Waals surface area contributed by atoms with Crippen molar-refractivity contribution in [3.05, 3.63) is 0 Å². The lowest BCUT2D eigenvalue weighted by Gasteiger charge is -2.34. The number of carbonyl (C=O) groups is 2. The van der Waals surface area contributed by atoms with Gasteiger partial charge in [-0.15, -0.1) is 0 Å². The summed E-state index contributed by atoms with van der Waals surface area (Å²) in [5, 5.41) is 0. The van der Waals surface area contributed by atoms with Crippen LogP contribution in [0.15, 0.2) is 0 Å². The highest BCUT2D eigenvalue weighted by Gasteiger charge is 2.39. The lowest BCUT2D eigenvalue weighted by atomic mass is 9.78. The van der Waals surface area contributed by atoms with Crippen LogP contribution in [0.25, 0.3) is 0 Å². The van der Waals surface area contributed by atoms with E-state index in [1.807, 2.05) is 0 Å². The number of hydrogen-bond acceptors (Lipinski definition) is 4. The Kier molecular flexibility index (Phi) is 13.4. The standard InChI is InChI=1S/C28H50O4/c1-4-5-6-7-8-9-10-11-12-15-18-31-27(29)25-16-13-14-17-26(25)28(30)32-24-20-22(2)19-23(3)21-24/h22-26H,4-21H2,1-3H3. The van der Waals surface area contributed by atoms with E-state index in [0.29, 0.717) is 18.4 Å². The summed E-state index contributed by atoms with van der Waals surface area (Å²) in [5.41, 5.74) is 0. The van der Waals surface area contributed by atoms with Gasteiger partial charge in [0.15, 0.2) is 0 Å². The van der Waals surface area contributed by atoms with E-state index in [-0.39, 0.29) is 29.9 Å². The van der Waals surface area contributed by atoms with Crippen LogP contribution >= 0.6 is 0 Å². The fraction of sp³-hybridized carbons (Fsp3) is 0.929. The number of carbonyl (C=O) groups excluding carboxylic acids is 2. The predicted octanol–water partition coefficient (Wildman–Crippen LogP) is 7.62. The summed E-state index contributed by atoms with van der Waals surface area (Å²) in [6, 6.07) is 0. The minimum absolute atomic E-state index is 0.0199. The molecule has 2 saturated carbocycles. The van der Waals surface area contributed by atoms with Crippen LogP contribution in [0.3, 0.4) is 0 Å². The van der Waals surface area contributed by atoms with E-state index in [1.54, 1.807) is 0 Å². The van der Waals surface area contributed by atoms with Crippen LogP contribution in [-0.4, -0.2) is 24.6 Å². The monoisotopic (exact) mass is 450 g/mol. The Balaban J connectivity index is 1.63. The quantitative estimate of drug-likeness (QED) is 0.202. The molecule has 0 bridgehead atoms. The number of hydrogen-bond donors (Lipinski definition) is 0. The minimum atomic E-state index is -0.309. The van der Waals surface area contributed by atoms with E-state index in [2.05, 4.69) is 20.8 Å². The number of rotatable bonds is 14. The van der Waals surface area contributed by atoms with Gasteiger partial charge < -0.3 is 9.47 Å². The van der Waals surface area contributed by atoms with Gasteiger partial charge in [0, 0.05) is 0 Å². The zero-order valence-corrected chi connectivity index (χ0v) is 21.2. The molecule has 2 aliphatic rings. The fourth-order valence-corrected chi connectivity index (χ4v) is 5.79. The van der Waals surface area contributed by atoms with Gasteiger partial charge in [-0.1, -0.05) is 91.4 Å². The summed E-state index contributed by atoms with van der Waals surface area (Å²) in [7, 11) is 0. The highest BCUT2D eigenvalue weighted by Crippen LogP contribution is 2.35. The van der Waals surface area contributed by atoms with Gasteiger partial charge in [0.2, 0.25) is 0 Å². The van der Waals surface area contributed by atoms with Gasteiger partial charge in [0.1, 0.15) is 6.10 Å². The van der Waals surface area contributed by atoms with Crippen LogP contribution in [0.5, 0.6) is 0 Å². The van der Waals surface area contributed by atoms with Gasteiger partial charge in [0.05, 0.1) is 18.4 Å². The highest BCUT2D eigenvalue weighted by molar-refractivity contribution is 5.82. The third-order valence-corrected chi connectivity index (χ3v) is 7.53. The van der Waals surface area contributed by atoms with E-state index < -0.39 is 0 Å². The molecule has 4 heteroatoms. The second-order valence-electron chi connectivity index (χ2n) is 10.8. The van der Waals surface area contributed by atoms with Crippen molar-refractivity contribution < 1.29 is 19.1 Å². The van der Waals surface area contributed by atoms with Gasteiger partial charge in [0.25, 0.3) is 0 Å². The molecular weight excluding hydrogens is 400 g/mol. The largest absolute Gasteiger partial charge is 0.465 e. The third kappa shape index (κ3) is 10.3. The van der Waals surface area contributed by atoms with Crippen LogP contribution in [0.4, 0.5) is 0 Å². The highest BCUT2D eigenvalue weighted by atomic mass is 16.5. The van der Waals surface area contributed by atoms with Crippen LogP contribution in [0.2, 0.25) is 0 Å². The lowest BCUT2D eigenvalue weighted by molar-refractivity contribution is -0.168. The molecule has 0 saturated heterocycles. The molecule has 32 heavy (non-hydrogen) atoms. The molecule has 0 aromatic carbocycles. The van der Waals surface area contributed by atoms with Crippen LogP contribution < -0.4 is 0 Å². The Morgan fingerprint density at radius 1 is 0.688 bits per heavy atom. The number of unbranched alkanes of at least 4 members (excludes halogenated alkanes) is 9. The molecule has 4 nitrogen and oxygen atoms in total. The predicted molar refractivity (Wildman–Crippen MR) is 130 cm³/mol. The van der Waals surface area contributed by atoms with E-state index in [0.717, 1.165) is 51.4 Å². The molecule has 0 aromatic rings. The van der Waals surface area contributed by atoms with Gasteiger partial charge in [-0.3, -0.25) is 9.59 Å². The van der Waals surface area contributed by atoms with Crippen molar-refractivity contribution in [1.82, 2.24) is 0 Å². The van der Waals surface area contributed by atoms with E-state index in [1.165, 1.54) is 57.8 Å². The van der Waals surface area contributed by atoms with Gasteiger partial charge in [-0.25, -0.2) is 0 Å².